The first-order valence-corrected chi connectivity index (χ1v) is 49.2. The van der Waals surface area contributed by atoms with Crippen molar-refractivity contribution >= 4 is 67.2 Å². The van der Waals surface area contributed by atoms with Crippen molar-refractivity contribution in [3.05, 3.63) is 318 Å². The number of nitrogens with zero attached hydrogens (tertiary/aromatic N) is 10. The van der Waals surface area contributed by atoms with Crippen LogP contribution in [0.2, 0.25) is 0 Å². The Labute approximate surface area is 818 Å². The number of H-pyrrole nitrogens is 4. The van der Waals surface area contributed by atoms with Crippen LogP contribution in [-0.4, -0.2) is 203 Å². The summed E-state index contributed by atoms with van der Waals surface area (Å²) < 4.78 is 22.7. The number of likely N-dealkylation sites (N-methyl/N-ethyl adjacent to an activating group) is 3. The number of benzene rings is 9. The van der Waals surface area contributed by atoms with Crippen LogP contribution in [0, 0.1) is 0 Å². The zero-order chi connectivity index (χ0) is 97.3. The number of aromatic nitrogens is 11. The summed E-state index contributed by atoms with van der Waals surface area (Å²) in [6.07, 6.45) is 13.1. The molecule has 0 radical (unpaired) electrons. The van der Waals surface area contributed by atoms with E-state index in [0.29, 0.717) is 63.6 Å². The molecule has 4 fully saturated rings. The maximum absolute atomic E-state index is 13.5. The van der Waals surface area contributed by atoms with Crippen molar-refractivity contribution in [1.82, 2.24) is 91.7 Å². The van der Waals surface area contributed by atoms with Gasteiger partial charge in [0.2, 0.25) is 17.6 Å². The Bertz CT molecular complexity index is 6610. The van der Waals surface area contributed by atoms with Gasteiger partial charge in [0.1, 0.15) is 22.8 Å². The standard InChI is InChI=1S/C29H33N5O2.C29H32N4O2.C28H31N5O2.C28H30N4O2/c1-4-34-15-14-23(20-8-6-5-7-9-20)26(18-34)31-29(35)21-10-12-25-24(16-21)28(33-32-25)22-11-13-27(30-17-22)36-19(2)3;1-19(2)35-23-12-9-21(10-13-23)28-25-17-22(11-14-26(25)31-32-28)29(34)30-27-18-33(3)16-15-24(27)20-7-5-4-6-8-20;1-18(2)35-26-12-10-21(16-29-26)27-23-15-20(9-11-24(23)31-32-27)28(34)30-25-17-33(3)14-13-22(25)19-7-5-4-6-8-19;1-18(2)34-26-15-13-21(17-29-26)27-23-16-20(12-14-25(23)31-32-27)28(33)30-24-11-7-6-10-22(24)19-8-4-3-5-9-19/h5-13,16-17,19,23,26H,4,14-15,18H2,1-3H3,(H,31,35)(H,32,33);4-14,17,19,24,27H,15-16,18H2,1-3H3,(H,30,34)(H,31,32);4-12,15-16,18,22,25H,13-14,17H2,1-3H3,(H,30,34)(H,31,32);3-5,8-9,12-18,22,24H,6-7,10-11H2,1-2H3,(H,30,33)(H,31,32)/t23-,26+;24-,27+;22-,25+;22-,24+/m0000/s1. The summed E-state index contributed by atoms with van der Waals surface area (Å²) >= 11 is 0. The Balaban J connectivity index is 0.000000129. The summed E-state index contributed by atoms with van der Waals surface area (Å²) in [6, 6.07) is 84.4. The molecule has 26 heteroatoms. The molecule has 0 spiro atoms. The van der Waals surface area contributed by atoms with Gasteiger partial charge in [-0.2, -0.15) is 20.4 Å². The molecule has 7 aromatic heterocycles. The number of carbonyl (C=O) groups is 4. The van der Waals surface area contributed by atoms with Gasteiger partial charge in [-0.25, -0.2) is 15.0 Å². The lowest BCUT2D eigenvalue weighted by Crippen LogP contribution is -2.51. The van der Waals surface area contributed by atoms with Crippen molar-refractivity contribution in [2.45, 2.75) is 180 Å². The van der Waals surface area contributed by atoms with E-state index in [9.17, 15) is 19.2 Å². The quantitative estimate of drug-likeness (QED) is 0.0264. The van der Waals surface area contributed by atoms with Crippen LogP contribution in [-0.2, 0) is 0 Å². The smallest absolute Gasteiger partial charge is 0.251 e. The number of hydrogen-bond donors (Lipinski definition) is 8. The minimum atomic E-state index is -0.0703. The highest BCUT2D eigenvalue weighted by Crippen LogP contribution is 2.39. The first-order chi connectivity index (χ1) is 68.0. The average Bonchev–Trinajstić information content (AvgIpc) is 1.65. The van der Waals surface area contributed by atoms with Gasteiger partial charge in [-0.15, -0.1) is 0 Å². The second-order valence-electron chi connectivity index (χ2n) is 38.1. The maximum Gasteiger partial charge on any atom is 0.251 e. The van der Waals surface area contributed by atoms with Crippen molar-refractivity contribution < 1.29 is 38.1 Å². The number of pyridine rings is 3. The molecule has 3 saturated heterocycles. The first-order valence-electron chi connectivity index (χ1n) is 49.2. The summed E-state index contributed by atoms with van der Waals surface area (Å²) in [5.41, 5.74) is 17.9. The highest BCUT2D eigenvalue weighted by Gasteiger charge is 2.36. The molecule has 1 saturated carbocycles. The molecule has 0 unspecified atom stereocenters. The van der Waals surface area contributed by atoms with Crippen LogP contribution < -0.4 is 40.2 Å². The zero-order valence-electron chi connectivity index (χ0n) is 81.5. The Morgan fingerprint density at radius 2 is 0.621 bits per heavy atom. The van der Waals surface area contributed by atoms with Gasteiger partial charge >= 0.3 is 0 Å². The van der Waals surface area contributed by atoms with Gasteiger partial charge in [-0.3, -0.25) is 39.6 Å². The molecule has 1 aliphatic carbocycles. The molecule has 0 bridgehead atoms. The Hall–Kier alpha value is -14.7. The van der Waals surface area contributed by atoms with Crippen LogP contribution in [0.4, 0.5) is 0 Å². The second kappa shape index (κ2) is 45.3. The molecule has 20 rings (SSSR count). The normalized spacial score (nSPS) is 18.5. The summed E-state index contributed by atoms with van der Waals surface area (Å²) in [5, 5.41) is 47.2. The number of fused-ring (bicyclic) bond motifs is 4. The minimum absolute atomic E-state index is 0.0410. The van der Waals surface area contributed by atoms with Crippen LogP contribution in [0.25, 0.3) is 88.6 Å². The van der Waals surface area contributed by atoms with E-state index in [0.717, 1.165) is 179 Å². The fourth-order valence-corrected chi connectivity index (χ4v) is 19.6. The molecule has 720 valence electrons. The van der Waals surface area contributed by atoms with Crippen molar-refractivity contribution in [2.24, 2.45) is 0 Å². The Kier molecular flexibility index (Phi) is 31.3. The predicted molar refractivity (Wildman–Crippen MR) is 554 cm³/mol. The molecule has 16 aromatic rings. The van der Waals surface area contributed by atoms with Crippen molar-refractivity contribution in [3.63, 3.8) is 0 Å². The lowest BCUT2D eigenvalue weighted by atomic mass is 9.80. The molecule has 8 atom stereocenters. The molecule has 9 aromatic carbocycles. The lowest BCUT2D eigenvalue weighted by molar-refractivity contribution is 0.0885. The van der Waals surface area contributed by atoms with Crippen LogP contribution in [0.5, 0.6) is 23.4 Å². The first kappa shape index (κ1) is 96.9. The number of ether oxygens (including phenoxy) is 4. The topological polar surface area (TPSA) is 316 Å². The average molecular weight is 1880 g/mol. The third kappa shape index (κ3) is 24.0. The highest BCUT2D eigenvalue weighted by atomic mass is 16.5. The van der Waals surface area contributed by atoms with Crippen LogP contribution in [0.15, 0.2) is 273 Å². The lowest BCUT2D eigenvalue weighted by Gasteiger charge is -2.38. The number of nitrogens with one attached hydrogen (secondary N) is 8. The number of aromatic amines is 4. The summed E-state index contributed by atoms with van der Waals surface area (Å²) in [6.45, 7) is 24.6. The number of hydrogen-bond acceptors (Lipinski definition) is 18. The predicted octanol–water partition coefficient (Wildman–Crippen LogP) is 20.8. The SMILES string of the molecule is CC(C)Oc1ccc(-c2n[nH]c3ccc(C(=O)N[C@@H]4CCCC[C@H]4c4ccccc4)cc23)cn1.CC(C)Oc1ccc(-c2n[nH]c3ccc(C(=O)N[C@@H]4CN(C)CC[C@H]4c4ccccc4)cc23)cc1.CC(C)Oc1ccc(-c2n[nH]c3ccc(C(=O)N[C@@H]4CN(C)CC[C@H]4c4ccccc4)cc23)cn1.CCN1CC[C@@H](c2ccccc2)[C@H](NC(=O)c2ccc3[nH]nc(-c4ccc(OC(C)C)nc4)c3c2)C1. The summed E-state index contributed by atoms with van der Waals surface area (Å²) in [4.78, 5) is 73.7. The van der Waals surface area contributed by atoms with Gasteiger partial charge in [0.25, 0.3) is 23.6 Å². The fraction of sp³-hybridized carbons (Fsp3) is 0.325. The minimum Gasteiger partial charge on any atom is -0.491 e. The maximum atomic E-state index is 13.5. The molecule has 10 heterocycles. The number of likely N-dealkylation sites (tertiary alicyclic amines) is 3. The van der Waals surface area contributed by atoms with E-state index in [4.69, 9.17) is 18.9 Å². The molecular weight excluding hydrogens is 1750 g/mol. The largest absolute Gasteiger partial charge is 0.491 e. The van der Waals surface area contributed by atoms with Crippen LogP contribution >= 0.6 is 0 Å². The number of rotatable bonds is 25. The van der Waals surface area contributed by atoms with Gasteiger partial charge < -0.3 is 54.9 Å². The van der Waals surface area contributed by atoms with E-state index in [1.807, 2.05) is 213 Å². The van der Waals surface area contributed by atoms with Gasteiger partial charge in [-0.05, 0) is 265 Å². The number of piperidine rings is 3. The highest BCUT2D eigenvalue weighted by molar-refractivity contribution is 6.05. The van der Waals surface area contributed by atoms with E-state index in [1.165, 1.54) is 28.7 Å². The van der Waals surface area contributed by atoms with Gasteiger partial charge in [-0.1, -0.05) is 141 Å². The molecule has 26 nitrogen and oxygen atoms in total. The fourth-order valence-electron chi connectivity index (χ4n) is 19.6. The second-order valence-corrected chi connectivity index (χ2v) is 38.1. The molecule has 4 aliphatic rings. The molecule has 8 N–H and O–H groups in total. The number of carbonyl (C=O) groups excluding carboxylic acids is 4. The zero-order valence-corrected chi connectivity index (χ0v) is 81.5. The summed E-state index contributed by atoms with van der Waals surface area (Å²) in [5.74, 6) is 3.58. The molecule has 140 heavy (non-hydrogen) atoms. The van der Waals surface area contributed by atoms with Crippen molar-refractivity contribution in [3.8, 4) is 68.4 Å². The van der Waals surface area contributed by atoms with Gasteiger partial charge in [0.05, 0.1) is 52.2 Å². The number of amides is 4. The third-order valence-corrected chi connectivity index (χ3v) is 26.6. The molecule has 3 aliphatic heterocycles. The Morgan fingerprint density at radius 3 is 0.936 bits per heavy atom. The summed E-state index contributed by atoms with van der Waals surface area (Å²) in [7, 11) is 4.22. The van der Waals surface area contributed by atoms with Gasteiger partial charge in [0, 0.05) is 170 Å². The van der Waals surface area contributed by atoms with Crippen LogP contribution in [0.1, 0.15) is 195 Å². The molecule has 4 amide bonds. The van der Waals surface area contributed by atoms with E-state index in [1.54, 1.807) is 18.6 Å². The van der Waals surface area contributed by atoms with Crippen molar-refractivity contribution in [2.75, 3.05) is 59.9 Å². The Morgan fingerprint density at radius 1 is 0.329 bits per heavy atom. The monoisotopic (exact) mass is 1880 g/mol. The van der Waals surface area contributed by atoms with E-state index >= 15 is 0 Å². The van der Waals surface area contributed by atoms with Crippen LogP contribution in [0.3, 0.4) is 0 Å². The van der Waals surface area contributed by atoms with Gasteiger partial charge in [0.15, 0.2) is 0 Å². The third-order valence-electron chi connectivity index (χ3n) is 26.6. The van der Waals surface area contributed by atoms with E-state index in [2.05, 4.69) is 210 Å². The van der Waals surface area contributed by atoms with Crippen molar-refractivity contribution in [1.29, 1.82) is 0 Å². The molecular formula is C114H126N18O8. The van der Waals surface area contributed by atoms with E-state index in [-0.39, 0.29) is 72.2 Å². The van der Waals surface area contributed by atoms with E-state index < -0.39 is 0 Å².